The Balaban J connectivity index is 1.80. The number of ether oxygens (including phenoxy) is 1. The van der Waals surface area contributed by atoms with Crippen LogP contribution in [-0.2, 0) is 0 Å². The van der Waals surface area contributed by atoms with Gasteiger partial charge in [-0.05, 0) is 31.5 Å². The molecule has 3 rings (SSSR count). The average molecular weight is 374 g/mol. The Morgan fingerprint density at radius 1 is 1.27 bits per heavy atom. The van der Waals surface area contributed by atoms with Crippen LogP contribution in [-0.4, -0.2) is 28.1 Å². The van der Waals surface area contributed by atoms with E-state index in [0.29, 0.717) is 28.0 Å². The van der Waals surface area contributed by atoms with Crippen molar-refractivity contribution in [3.63, 3.8) is 0 Å². The molecule has 0 unspecified atom stereocenters. The molecule has 2 aromatic heterocycles. The highest BCUT2D eigenvalue weighted by atomic mass is 35.5. The number of carbonyl (C=O) groups is 1. The number of methoxy groups -OCH3 is 1. The fourth-order valence-corrected chi connectivity index (χ4v) is 2.36. The summed E-state index contributed by atoms with van der Waals surface area (Å²) in [6, 6.07) is 6.57. The monoisotopic (exact) mass is 373 g/mol. The van der Waals surface area contributed by atoms with Crippen molar-refractivity contribution in [2.45, 2.75) is 13.8 Å². The van der Waals surface area contributed by atoms with Gasteiger partial charge in [0.2, 0.25) is 5.95 Å². The number of anilines is 3. The minimum Gasteiger partial charge on any atom is -0.495 e. The Morgan fingerprint density at radius 2 is 2.08 bits per heavy atom. The summed E-state index contributed by atoms with van der Waals surface area (Å²) in [5.74, 6) is 1.37. The normalized spacial score (nSPS) is 10.5. The number of nitrogens with one attached hydrogen (secondary N) is 2. The van der Waals surface area contributed by atoms with E-state index in [1.807, 2.05) is 6.92 Å². The number of hydrogen-bond donors (Lipinski definition) is 2. The third-order valence-corrected chi connectivity index (χ3v) is 3.89. The molecule has 2 heterocycles. The zero-order valence-electron chi connectivity index (χ0n) is 14.3. The van der Waals surface area contributed by atoms with E-state index < -0.39 is 5.91 Å². The van der Waals surface area contributed by atoms with Gasteiger partial charge in [0.1, 0.15) is 17.2 Å². The van der Waals surface area contributed by atoms with Crippen molar-refractivity contribution in [1.82, 2.24) is 15.1 Å². The van der Waals surface area contributed by atoms with E-state index in [4.69, 9.17) is 20.9 Å². The van der Waals surface area contributed by atoms with E-state index in [0.717, 1.165) is 5.56 Å². The maximum Gasteiger partial charge on any atom is 0.274 e. The van der Waals surface area contributed by atoms with Crippen LogP contribution in [0.1, 0.15) is 21.8 Å². The summed E-state index contributed by atoms with van der Waals surface area (Å²) >= 11 is 6.08. The number of carbonyl (C=O) groups excluding carboxylic acids is 1. The van der Waals surface area contributed by atoms with Crippen molar-refractivity contribution in [2.24, 2.45) is 0 Å². The number of benzene rings is 1. The van der Waals surface area contributed by atoms with Gasteiger partial charge in [0, 0.05) is 23.4 Å². The topological polar surface area (TPSA) is 102 Å². The zero-order valence-corrected chi connectivity index (χ0v) is 15.1. The lowest BCUT2D eigenvalue weighted by Gasteiger charge is -2.12. The molecule has 134 valence electrons. The van der Waals surface area contributed by atoms with Crippen LogP contribution in [0.15, 0.2) is 35.0 Å². The molecule has 1 amide bonds. The molecule has 0 fully saturated rings. The highest BCUT2D eigenvalue weighted by Gasteiger charge is 2.14. The second-order valence-corrected chi connectivity index (χ2v) is 5.88. The number of hydrogen-bond acceptors (Lipinski definition) is 7. The van der Waals surface area contributed by atoms with Crippen molar-refractivity contribution >= 4 is 35.0 Å². The van der Waals surface area contributed by atoms with Crippen molar-refractivity contribution in [1.29, 1.82) is 0 Å². The van der Waals surface area contributed by atoms with E-state index in [1.54, 1.807) is 25.1 Å². The lowest BCUT2D eigenvalue weighted by molar-refractivity contribution is 0.102. The van der Waals surface area contributed by atoms with Gasteiger partial charge in [-0.25, -0.2) is 9.97 Å². The van der Waals surface area contributed by atoms with Gasteiger partial charge >= 0.3 is 0 Å². The first-order valence-electron chi connectivity index (χ1n) is 7.65. The molecular weight excluding hydrogens is 358 g/mol. The highest BCUT2D eigenvalue weighted by molar-refractivity contribution is 6.31. The largest absolute Gasteiger partial charge is 0.495 e. The lowest BCUT2D eigenvalue weighted by Crippen LogP contribution is -2.15. The minimum absolute atomic E-state index is 0.178. The molecule has 3 aromatic rings. The van der Waals surface area contributed by atoms with E-state index in [9.17, 15) is 4.79 Å². The number of aromatic nitrogens is 3. The molecule has 0 spiro atoms. The standard InChI is InChI=1S/C17H16ClN5O3/c1-9-6-13(14(25-3)8-11(9)18)20-16(24)12-4-5-19-17(21-12)22-15-7-10(2)26-23-15/h4-8H,1-3H3,(H,20,24)(H,19,21,22,23). The third-order valence-electron chi connectivity index (χ3n) is 3.49. The summed E-state index contributed by atoms with van der Waals surface area (Å²) in [5, 5.41) is 9.99. The molecule has 0 bridgehead atoms. The van der Waals surface area contributed by atoms with E-state index in [2.05, 4.69) is 25.8 Å². The van der Waals surface area contributed by atoms with Gasteiger partial charge in [-0.2, -0.15) is 0 Å². The van der Waals surface area contributed by atoms with Crippen LogP contribution in [0.4, 0.5) is 17.5 Å². The predicted molar refractivity (Wildman–Crippen MR) is 97.2 cm³/mol. The van der Waals surface area contributed by atoms with Gasteiger partial charge in [-0.15, -0.1) is 0 Å². The quantitative estimate of drug-likeness (QED) is 0.702. The van der Waals surface area contributed by atoms with Crippen LogP contribution >= 0.6 is 11.6 Å². The lowest BCUT2D eigenvalue weighted by atomic mass is 10.2. The summed E-state index contributed by atoms with van der Waals surface area (Å²) in [4.78, 5) is 20.8. The molecule has 8 nitrogen and oxygen atoms in total. The SMILES string of the molecule is COc1cc(Cl)c(C)cc1NC(=O)c1ccnc(Nc2cc(C)on2)n1. The first-order chi connectivity index (χ1) is 12.5. The second-order valence-electron chi connectivity index (χ2n) is 5.47. The van der Waals surface area contributed by atoms with Gasteiger partial charge in [-0.1, -0.05) is 16.8 Å². The van der Waals surface area contributed by atoms with Gasteiger partial charge in [0.25, 0.3) is 5.91 Å². The van der Waals surface area contributed by atoms with Crippen LogP contribution in [0.5, 0.6) is 5.75 Å². The van der Waals surface area contributed by atoms with Crippen LogP contribution in [0.2, 0.25) is 5.02 Å². The van der Waals surface area contributed by atoms with Crippen LogP contribution in [0, 0.1) is 13.8 Å². The molecule has 0 radical (unpaired) electrons. The van der Waals surface area contributed by atoms with Gasteiger partial charge < -0.3 is 19.9 Å². The second kappa shape index (κ2) is 7.40. The first kappa shape index (κ1) is 17.7. The number of aryl methyl sites for hydroxylation is 2. The summed E-state index contributed by atoms with van der Waals surface area (Å²) < 4.78 is 10.2. The van der Waals surface area contributed by atoms with Crippen molar-refractivity contribution in [3.8, 4) is 5.75 Å². The molecule has 0 aliphatic heterocycles. The maximum atomic E-state index is 12.5. The van der Waals surface area contributed by atoms with Gasteiger partial charge in [0.05, 0.1) is 12.8 Å². The molecule has 0 aliphatic carbocycles. The number of halogens is 1. The molecule has 2 N–H and O–H groups in total. The Kier molecular flexibility index (Phi) is 5.04. The number of nitrogens with zero attached hydrogens (tertiary/aromatic N) is 3. The zero-order chi connectivity index (χ0) is 18.7. The molecule has 9 heteroatoms. The Labute approximate surface area is 154 Å². The van der Waals surface area contributed by atoms with Crippen molar-refractivity contribution < 1.29 is 14.1 Å². The smallest absolute Gasteiger partial charge is 0.274 e. The summed E-state index contributed by atoms with van der Waals surface area (Å²) in [5.41, 5.74) is 1.49. The average Bonchev–Trinajstić information content (AvgIpc) is 3.03. The molecule has 0 saturated heterocycles. The first-order valence-corrected chi connectivity index (χ1v) is 8.03. The molecule has 26 heavy (non-hydrogen) atoms. The third kappa shape index (κ3) is 3.92. The molecule has 0 saturated carbocycles. The Morgan fingerprint density at radius 3 is 2.77 bits per heavy atom. The molecular formula is C17H16ClN5O3. The van der Waals surface area contributed by atoms with Crippen LogP contribution in [0.3, 0.4) is 0 Å². The van der Waals surface area contributed by atoms with Crippen LogP contribution in [0.25, 0.3) is 0 Å². The minimum atomic E-state index is -0.410. The van der Waals surface area contributed by atoms with Crippen molar-refractivity contribution in [2.75, 3.05) is 17.7 Å². The summed E-state index contributed by atoms with van der Waals surface area (Å²) in [6.07, 6.45) is 1.47. The fourth-order valence-electron chi connectivity index (χ4n) is 2.20. The van der Waals surface area contributed by atoms with E-state index in [-0.39, 0.29) is 11.6 Å². The fraction of sp³-hybridized carbons (Fsp3) is 0.176. The van der Waals surface area contributed by atoms with E-state index in [1.165, 1.54) is 19.4 Å². The number of amides is 1. The molecule has 0 atom stereocenters. The Bertz CT molecular complexity index is 957. The van der Waals surface area contributed by atoms with Gasteiger partial charge in [0.15, 0.2) is 5.82 Å². The highest BCUT2D eigenvalue weighted by Crippen LogP contribution is 2.31. The van der Waals surface area contributed by atoms with Crippen LogP contribution < -0.4 is 15.4 Å². The predicted octanol–water partition coefficient (Wildman–Crippen LogP) is 3.74. The number of rotatable bonds is 5. The molecule has 0 aliphatic rings. The maximum absolute atomic E-state index is 12.5. The van der Waals surface area contributed by atoms with Crippen molar-refractivity contribution in [3.05, 3.63) is 52.5 Å². The molecule has 1 aromatic carbocycles. The van der Waals surface area contributed by atoms with Gasteiger partial charge in [-0.3, -0.25) is 4.79 Å². The summed E-state index contributed by atoms with van der Waals surface area (Å²) in [6.45, 7) is 3.61. The Hall–Kier alpha value is -3.13. The summed E-state index contributed by atoms with van der Waals surface area (Å²) in [7, 11) is 1.50. The van der Waals surface area contributed by atoms with E-state index >= 15 is 0 Å².